The zero-order valence-electron chi connectivity index (χ0n) is 73.1. The second kappa shape index (κ2) is 32.8. The molecule has 6 heteroatoms. The number of fused-ring (bicyclic) bond motifs is 2. The smallest absolute Gasteiger partial charge is 0.254 e. The first-order chi connectivity index (χ1) is 46.8. The highest BCUT2D eigenvalue weighted by atomic mass is 19.3. The largest absolute Gasteiger partial charge is 0.309 e. The average Bonchev–Trinajstić information content (AvgIpc) is 1.25. The van der Waals surface area contributed by atoms with Crippen molar-refractivity contribution < 1.29 is 22.0 Å². The van der Waals surface area contributed by atoms with Gasteiger partial charge in [-0.05, 0) is 305 Å². The Kier molecular flexibility index (Phi) is 28.4. The van der Waals surface area contributed by atoms with Crippen LogP contribution in [0.3, 0.4) is 0 Å². The molecule has 1 nitrogen and oxygen atoms in total. The second-order valence-corrected chi connectivity index (χ2v) is 46.8. The summed E-state index contributed by atoms with van der Waals surface area (Å²) in [5.74, 6) is 8.52. The van der Waals surface area contributed by atoms with Crippen LogP contribution < -0.4 is 0 Å². The molecule has 596 valence electrons. The lowest BCUT2D eigenvalue weighted by Crippen LogP contribution is -2.61. The summed E-state index contributed by atoms with van der Waals surface area (Å²) in [5, 5.41) is 0. The van der Waals surface area contributed by atoms with Gasteiger partial charge in [-0.3, -0.25) is 0 Å². The van der Waals surface area contributed by atoms with Crippen LogP contribution in [0.1, 0.15) is 406 Å². The zero-order valence-corrected chi connectivity index (χ0v) is 73.1. The van der Waals surface area contributed by atoms with Gasteiger partial charge in [-0.25, -0.2) is 28.5 Å². The normalized spacial score (nSPS) is 44.4. The van der Waals surface area contributed by atoms with Gasteiger partial charge in [-0.2, -0.15) is 0 Å². The van der Waals surface area contributed by atoms with E-state index < -0.39 is 17.5 Å². The van der Waals surface area contributed by atoms with Crippen molar-refractivity contribution in [3.63, 3.8) is 0 Å². The van der Waals surface area contributed by atoms with Crippen LogP contribution in [0.15, 0.2) is 0 Å². The molecule has 19 aliphatic carbocycles. The summed E-state index contributed by atoms with van der Waals surface area (Å²) in [7, 11) is 0. The molecule has 19 fully saturated rings. The highest BCUT2D eigenvalue weighted by Gasteiger charge is 2.73. The first kappa shape index (κ1) is 88.4. The van der Waals surface area contributed by atoms with E-state index in [9.17, 15) is 22.0 Å². The Hall–Kier alpha value is -0.860. The van der Waals surface area contributed by atoms with Crippen LogP contribution in [0.4, 0.5) is 22.0 Å². The summed E-state index contributed by atoms with van der Waals surface area (Å²) in [4.78, 5) is 4.24. The van der Waals surface area contributed by atoms with E-state index >= 15 is 0 Å². The van der Waals surface area contributed by atoms with E-state index in [-0.39, 0.29) is 40.0 Å². The summed E-state index contributed by atoms with van der Waals surface area (Å²) < 4.78 is 64.8. The molecule has 0 aliphatic heterocycles. The van der Waals surface area contributed by atoms with Gasteiger partial charge >= 0.3 is 0 Å². The van der Waals surface area contributed by atoms with Crippen LogP contribution in [0.5, 0.6) is 0 Å². The van der Waals surface area contributed by atoms with Crippen molar-refractivity contribution in [2.45, 2.75) is 429 Å². The van der Waals surface area contributed by atoms with Gasteiger partial charge in [0.2, 0.25) is 5.54 Å². The molecule has 19 saturated carbocycles. The number of rotatable bonds is 3. The monoisotopic (exact) mass is 1430 g/mol. The summed E-state index contributed by atoms with van der Waals surface area (Å²) in [5.41, 5.74) is 4.12. The second-order valence-electron chi connectivity index (χ2n) is 46.8. The zero-order chi connectivity index (χ0) is 77.0. The Morgan fingerprint density at radius 2 is 0.804 bits per heavy atom. The third-order valence-corrected chi connectivity index (χ3v) is 32.3. The van der Waals surface area contributed by atoms with Gasteiger partial charge in [0.05, 0.1) is 0 Å². The predicted octanol–water partition coefficient (Wildman–Crippen LogP) is 31.6. The van der Waals surface area contributed by atoms with E-state index in [2.05, 4.69) is 178 Å². The Labute approximate surface area is 632 Å². The van der Waals surface area contributed by atoms with E-state index in [1.54, 1.807) is 0 Å². The standard InChI is InChI=1S/C16H28.C15H23N.C13H21F.C12H24.C10H16F2.C10H20.C9H18.C7H10F2.2C2H6/c1-12(2)16-9-13(3)6-14(4,10-16)8-15(5,7-13)11-16;1-14(2,3)15(16-4)12-6-10-5-11(8-12)9-13(15)7-10;1-8(2)12-10-3-9-4-11(12)7-13(14,5-9)6-10;1-11(2,3)10-7-6-8-12(4,5)9-10;1-9(2,3)6-4-7-8(5-6)10(7,11)12;1-8(2)10-6-4-9(3)5-7-10;1-8-4-6-9(2,3)7-5-8;1-4-2-5-6(3-4)7(5,8)9;2*1-2/h12H,6-11H2,1-5H3;10-13H,5-9H2,1-3H3;8-12H,3-7H2,1-2H3;10H,6-9H2,1-5H3;6-8H,4-5H2,1-3H3;8-10H,4-7H2,1-3H3;8H,4-7H2,1-3H3;4-6H,2-3H2,1H3;2*1-2H3/t;;;;;;;4?,5-,6+;;. The molecule has 0 N–H and O–H groups in total. The van der Waals surface area contributed by atoms with E-state index in [0.717, 1.165) is 122 Å². The van der Waals surface area contributed by atoms with Crippen LogP contribution in [0.2, 0.25) is 0 Å². The van der Waals surface area contributed by atoms with Crippen molar-refractivity contribution in [3.8, 4) is 0 Å². The minimum atomic E-state index is -2.29. The van der Waals surface area contributed by atoms with Gasteiger partial charge in [-0.15, -0.1) is 0 Å². The van der Waals surface area contributed by atoms with Crippen molar-refractivity contribution in [2.24, 2.45) is 173 Å². The fraction of sp³-hybridized carbons (Fsp3) is 0.990. The molecule has 0 saturated heterocycles. The number of nitrogens with zero attached hydrogens (tertiary/aromatic N) is 1. The van der Waals surface area contributed by atoms with Gasteiger partial charge in [0.15, 0.2) is 0 Å². The fourth-order valence-electron chi connectivity index (χ4n) is 28.1. The Bertz CT molecular complexity index is 2500. The molecule has 0 radical (unpaired) electrons. The quantitative estimate of drug-likeness (QED) is 0.196. The summed E-state index contributed by atoms with van der Waals surface area (Å²) in [6.45, 7) is 74.8. The molecule has 19 rings (SSSR count). The third kappa shape index (κ3) is 20.8. The van der Waals surface area contributed by atoms with E-state index in [1.165, 1.54) is 161 Å². The van der Waals surface area contributed by atoms with E-state index in [4.69, 9.17) is 6.57 Å². The molecule has 8 atom stereocenters. The topological polar surface area (TPSA) is 4.36 Å². The molecular weight excluding hydrogens is 1260 g/mol. The molecule has 6 unspecified atom stereocenters. The molecule has 0 aromatic heterocycles. The summed E-state index contributed by atoms with van der Waals surface area (Å²) in [6.07, 6.45) is 41.8. The maximum atomic E-state index is 14.3. The van der Waals surface area contributed by atoms with Crippen molar-refractivity contribution in [1.29, 1.82) is 0 Å². The SMILES string of the molecule is CC.CC.CC(C)(C)C1CC2C(C1)C2(F)F.CC(C)C12CC3(C)CC(C)(CC(C)(C3)C1)C2.CC(C)C1C2CC3CC1CC(F)(C3)C2.CC1(C)CCCC(C(C)(C)C)C1.CC1CCC(C(C)C)CC1.CC1CCC(C)(C)CC1.CC1C[C@@H]2[C@H](C1)C2(F)F.[C-]#[N+]C1(C(C)(C)C)C2CC3CC(C2)CC1C3. The molecule has 12 bridgehead atoms. The van der Waals surface area contributed by atoms with Gasteiger partial charge in [-0.1, -0.05) is 233 Å². The lowest BCUT2D eigenvalue weighted by atomic mass is 9.35. The molecule has 0 spiro atoms. The molecule has 0 aromatic rings. The van der Waals surface area contributed by atoms with Gasteiger partial charge in [0.1, 0.15) is 5.67 Å². The average molecular weight is 1440 g/mol. The van der Waals surface area contributed by atoms with Crippen LogP contribution in [-0.4, -0.2) is 23.1 Å². The third-order valence-electron chi connectivity index (χ3n) is 32.3. The maximum Gasteiger partial charge on any atom is 0.254 e. The number of hydrogen-bond donors (Lipinski definition) is 0. The minimum Gasteiger partial charge on any atom is -0.309 e. The number of alkyl halides is 5. The molecule has 102 heavy (non-hydrogen) atoms. The Morgan fingerprint density at radius 1 is 0.402 bits per heavy atom. The van der Waals surface area contributed by atoms with Gasteiger partial charge in [0.25, 0.3) is 11.8 Å². The van der Waals surface area contributed by atoms with E-state index in [0.29, 0.717) is 61.6 Å². The van der Waals surface area contributed by atoms with Crippen molar-refractivity contribution >= 4 is 0 Å². The lowest BCUT2D eigenvalue weighted by molar-refractivity contribution is -0.198. The molecule has 0 aromatic carbocycles. The lowest BCUT2D eigenvalue weighted by Gasteiger charge is -2.70. The van der Waals surface area contributed by atoms with Crippen molar-refractivity contribution in [2.75, 3.05) is 0 Å². The predicted molar refractivity (Wildman–Crippen MR) is 431 cm³/mol. The molecule has 0 amide bonds. The maximum absolute atomic E-state index is 14.3. The molecule has 19 aliphatic rings. The van der Waals surface area contributed by atoms with Crippen molar-refractivity contribution in [1.82, 2.24) is 0 Å². The summed E-state index contributed by atoms with van der Waals surface area (Å²) >= 11 is 0. The van der Waals surface area contributed by atoms with Crippen LogP contribution in [0, 0.1) is 180 Å². The first-order valence-corrected chi connectivity index (χ1v) is 44.6. The van der Waals surface area contributed by atoms with Crippen molar-refractivity contribution in [3.05, 3.63) is 11.4 Å². The highest BCUT2D eigenvalue weighted by molar-refractivity contribution is 5.22. The number of hydrogen-bond acceptors (Lipinski definition) is 0. The molecular formula is C96H172F5N. The van der Waals surface area contributed by atoms with Crippen LogP contribution in [0.25, 0.3) is 4.85 Å². The number of halogens is 5. The van der Waals surface area contributed by atoms with Gasteiger partial charge in [0, 0.05) is 40.9 Å². The highest BCUT2D eigenvalue weighted by Crippen LogP contribution is 2.76. The van der Waals surface area contributed by atoms with Crippen LogP contribution in [-0.2, 0) is 0 Å². The minimum absolute atomic E-state index is 0.0274. The summed E-state index contributed by atoms with van der Waals surface area (Å²) in [6, 6.07) is 0. The fourth-order valence-corrected chi connectivity index (χ4v) is 28.1. The molecule has 0 heterocycles. The first-order valence-electron chi connectivity index (χ1n) is 44.6. The van der Waals surface area contributed by atoms with Crippen LogP contribution >= 0.6 is 0 Å². The van der Waals surface area contributed by atoms with Gasteiger partial charge < -0.3 is 4.85 Å². The Morgan fingerprint density at radius 3 is 1.12 bits per heavy atom. The van der Waals surface area contributed by atoms with E-state index in [1.807, 2.05) is 27.7 Å². The Balaban J connectivity index is 0.000000164.